The van der Waals surface area contributed by atoms with Crippen LogP contribution in [0.15, 0.2) is 6.20 Å². The summed E-state index contributed by atoms with van der Waals surface area (Å²) in [5, 5.41) is 15.6. The van der Waals surface area contributed by atoms with E-state index in [-0.39, 0.29) is 41.8 Å². The third-order valence-electron chi connectivity index (χ3n) is 3.43. The molecule has 2 aliphatic heterocycles. The zero-order valence-corrected chi connectivity index (χ0v) is 14.3. The summed E-state index contributed by atoms with van der Waals surface area (Å²) in [6.07, 6.45) is 1.31. The summed E-state index contributed by atoms with van der Waals surface area (Å²) < 4.78 is 35.9. The Kier molecular flexibility index (Phi) is 4.27. The van der Waals surface area contributed by atoms with Crippen molar-refractivity contribution >= 4 is 22.4 Å². The van der Waals surface area contributed by atoms with E-state index in [1.165, 1.54) is 17.9 Å². The minimum absolute atomic E-state index is 0. The predicted octanol–water partition coefficient (Wildman–Crippen LogP) is -5.26. The van der Waals surface area contributed by atoms with Gasteiger partial charge in [-0.15, -0.1) is 4.28 Å². The molecule has 11 nitrogen and oxygen atoms in total. The number of aryl methyl sites for hydroxylation is 1. The summed E-state index contributed by atoms with van der Waals surface area (Å²) in [4.78, 5) is 24.3. The van der Waals surface area contributed by atoms with E-state index in [1.807, 2.05) is 0 Å². The summed E-state index contributed by atoms with van der Waals surface area (Å²) in [6.45, 7) is -0.119. The number of carboxylic acids is 1. The van der Waals surface area contributed by atoms with Crippen LogP contribution in [0.2, 0.25) is 0 Å². The monoisotopic (exact) mass is 340 g/mol. The Morgan fingerprint density at radius 3 is 2.73 bits per heavy atom. The van der Waals surface area contributed by atoms with Crippen molar-refractivity contribution in [2.24, 2.45) is 7.05 Å². The maximum Gasteiger partial charge on any atom is 1.00 e. The first-order valence-electron chi connectivity index (χ1n) is 5.70. The van der Waals surface area contributed by atoms with Crippen LogP contribution in [0.1, 0.15) is 23.3 Å². The summed E-state index contributed by atoms with van der Waals surface area (Å²) >= 11 is 0. The van der Waals surface area contributed by atoms with Crippen LogP contribution < -0.4 is 34.7 Å². The molecule has 2 bridgehead atoms. The molecular weight excluding hydrogens is 331 g/mol. The molecule has 114 valence electrons. The molecule has 1 fully saturated rings. The maximum atomic E-state index is 12.1. The molecule has 1 N–H and O–H groups in total. The van der Waals surface area contributed by atoms with Crippen LogP contribution in [0.25, 0.3) is 0 Å². The van der Waals surface area contributed by atoms with Gasteiger partial charge in [-0.1, -0.05) is 0 Å². The van der Waals surface area contributed by atoms with Crippen molar-refractivity contribution in [1.29, 1.82) is 0 Å². The minimum Gasteiger partial charge on any atom is -0.547 e. The number of rotatable bonds is 3. The first-order chi connectivity index (χ1) is 9.70. The van der Waals surface area contributed by atoms with Crippen molar-refractivity contribution < 1.29 is 61.5 Å². The number of hydrogen-bond donors (Lipinski definition) is 1. The fourth-order valence-corrected chi connectivity index (χ4v) is 3.04. The molecule has 0 spiro atoms. The smallest absolute Gasteiger partial charge is 0.547 e. The Labute approximate surface area is 146 Å². The van der Waals surface area contributed by atoms with E-state index in [9.17, 15) is 23.1 Å². The van der Waals surface area contributed by atoms with Crippen molar-refractivity contribution in [1.82, 2.24) is 19.7 Å². The van der Waals surface area contributed by atoms with Crippen LogP contribution in [0, 0.1) is 0 Å². The second-order valence-electron chi connectivity index (χ2n) is 4.61. The molecule has 2 aliphatic rings. The summed E-state index contributed by atoms with van der Waals surface area (Å²) in [5.74, 6) is -1.53. The average Bonchev–Trinajstić information content (AvgIpc) is 2.84. The van der Waals surface area contributed by atoms with Gasteiger partial charge in [-0.05, 0) is 0 Å². The van der Waals surface area contributed by atoms with Gasteiger partial charge in [0, 0.05) is 12.6 Å². The van der Waals surface area contributed by atoms with Crippen molar-refractivity contribution in [2.45, 2.75) is 12.1 Å². The quantitative estimate of drug-likeness (QED) is 0.424. The number of fused-ring (bicyclic) bond motifs is 4. The number of urea groups is 1. The molecule has 3 rings (SSSR count). The molecule has 22 heavy (non-hydrogen) atoms. The molecule has 13 heteroatoms. The Hall–Kier alpha value is -1.18. The van der Waals surface area contributed by atoms with Gasteiger partial charge in [0.15, 0.2) is 0 Å². The van der Waals surface area contributed by atoms with E-state index in [0.29, 0.717) is 10.6 Å². The number of amides is 2. The fraction of sp³-hybridized carbons (Fsp3) is 0.444. The van der Waals surface area contributed by atoms with Gasteiger partial charge in [-0.25, -0.2) is 4.79 Å². The number of carbonyl (C=O) groups excluding carboxylic acids is 2. The number of aromatic nitrogens is 2. The van der Waals surface area contributed by atoms with E-state index in [0.717, 1.165) is 4.90 Å². The van der Waals surface area contributed by atoms with Gasteiger partial charge in [0.25, 0.3) is 0 Å². The first kappa shape index (κ1) is 17.2. The van der Waals surface area contributed by atoms with Gasteiger partial charge >= 0.3 is 46.0 Å². The number of hydroxylamine groups is 2. The predicted molar refractivity (Wildman–Crippen MR) is 60.3 cm³/mol. The van der Waals surface area contributed by atoms with E-state index >= 15 is 0 Å². The minimum atomic E-state index is -4.92. The molecule has 0 aromatic carbocycles. The normalized spacial score (nSPS) is 23.3. The van der Waals surface area contributed by atoms with Gasteiger partial charge in [-0.2, -0.15) is 18.6 Å². The van der Waals surface area contributed by atoms with Crippen LogP contribution in [-0.4, -0.2) is 51.3 Å². The second-order valence-corrected chi connectivity index (χ2v) is 5.61. The number of carboxylic acid groups (broad SMARTS) is 1. The van der Waals surface area contributed by atoms with E-state index in [2.05, 4.69) is 9.38 Å². The SMILES string of the molecule is Cn1ncc2c1[C@@H](C(=O)[O-])N1C[C@H]2N(OS(=O)(=O)O)C1=O.[Na+]. The van der Waals surface area contributed by atoms with Gasteiger partial charge < -0.3 is 14.8 Å². The Balaban J connectivity index is 0.00000176. The third kappa shape index (κ3) is 2.51. The van der Waals surface area contributed by atoms with Gasteiger partial charge in [0.1, 0.15) is 12.1 Å². The summed E-state index contributed by atoms with van der Waals surface area (Å²) in [7, 11) is -3.44. The Morgan fingerprint density at radius 1 is 1.55 bits per heavy atom. The molecule has 1 aromatic rings. The zero-order valence-electron chi connectivity index (χ0n) is 11.5. The van der Waals surface area contributed by atoms with Crippen LogP contribution in [0.3, 0.4) is 0 Å². The van der Waals surface area contributed by atoms with E-state index in [1.54, 1.807) is 0 Å². The van der Waals surface area contributed by atoms with E-state index < -0.39 is 34.5 Å². The molecule has 0 saturated carbocycles. The molecule has 0 aliphatic carbocycles. The molecular formula is C9H9N4NaO7S. The van der Waals surface area contributed by atoms with Gasteiger partial charge in [-0.3, -0.25) is 9.23 Å². The maximum absolute atomic E-state index is 12.1. The summed E-state index contributed by atoms with van der Waals surface area (Å²) in [6, 6.07) is -3.30. The Bertz CT molecular complexity index is 747. The molecule has 1 aromatic heterocycles. The fourth-order valence-electron chi connectivity index (χ4n) is 2.67. The molecule has 3 heterocycles. The number of aliphatic carboxylic acids is 1. The molecule has 1 saturated heterocycles. The first-order valence-corrected chi connectivity index (χ1v) is 7.06. The van der Waals surface area contributed by atoms with Gasteiger partial charge in [0.2, 0.25) is 0 Å². The van der Waals surface area contributed by atoms with Crippen LogP contribution >= 0.6 is 0 Å². The largest absolute Gasteiger partial charge is 1.00 e. The zero-order chi connectivity index (χ0) is 15.5. The van der Waals surface area contributed by atoms with E-state index in [4.69, 9.17) is 4.55 Å². The van der Waals surface area contributed by atoms with Gasteiger partial charge in [0.05, 0.1) is 24.4 Å². The molecule has 2 atom stereocenters. The van der Waals surface area contributed by atoms with Crippen LogP contribution in [-0.2, 0) is 26.5 Å². The summed E-state index contributed by atoms with van der Waals surface area (Å²) in [5.41, 5.74) is 0.512. The number of hydrogen-bond acceptors (Lipinski definition) is 7. The Morgan fingerprint density at radius 2 is 2.18 bits per heavy atom. The van der Waals surface area contributed by atoms with Crippen LogP contribution in [0.5, 0.6) is 0 Å². The average molecular weight is 340 g/mol. The number of carbonyl (C=O) groups is 2. The van der Waals surface area contributed by atoms with Crippen molar-refractivity contribution in [3.05, 3.63) is 17.5 Å². The molecule has 2 amide bonds. The molecule has 0 unspecified atom stereocenters. The standard InChI is InChI=1S/C9H10N4O7S.Na/c1-11-6-4(2-10-11)5-3-12(7(6)8(14)15)9(16)13(5)20-21(17,18)19;/h2,5,7H,3H2,1H3,(H,14,15)(H,17,18,19);/q;+1/p-1/t5-,7+;/m1./s1. The van der Waals surface area contributed by atoms with Crippen molar-refractivity contribution in [3.63, 3.8) is 0 Å². The van der Waals surface area contributed by atoms with Crippen molar-refractivity contribution in [3.8, 4) is 0 Å². The molecule has 0 radical (unpaired) electrons. The second kappa shape index (κ2) is 5.47. The topological polar surface area (TPSA) is 145 Å². The third-order valence-corrected chi connectivity index (χ3v) is 3.78. The van der Waals surface area contributed by atoms with Crippen LogP contribution in [0.4, 0.5) is 4.79 Å². The van der Waals surface area contributed by atoms with Crippen molar-refractivity contribution in [2.75, 3.05) is 6.54 Å². The number of nitrogens with zero attached hydrogens (tertiary/aromatic N) is 4.